The SMILES string of the molecule is CC(=O)Nc1c(-c2nnc(N)o2)no[n+]1[O-]. The van der Waals surface area contributed by atoms with Crippen molar-refractivity contribution < 1.29 is 18.7 Å². The monoisotopic (exact) mass is 226 g/mol. The number of nitrogen functional groups attached to an aromatic ring is 1. The van der Waals surface area contributed by atoms with Crippen LogP contribution in [-0.2, 0) is 4.79 Å². The molecular weight excluding hydrogens is 220 g/mol. The molecule has 3 N–H and O–H groups in total. The van der Waals surface area contributed by atoms with Gasteiger partial charge in [-0.15, -0.1) is 5.10 Å². The van der Waals surface area contributed by atoms with E-state index in [1.807, 2.05) is 0 Å². The minimum Gasteiger partial charge on any atom is -0.400 e. The van der Waals surface area contributed by atoms with E-state index < -0.39 is 5.91 Å². The Morgan fingerprint density at radius 1 is 1.56 bits per heavy atom. The number of nitrogens with zero attached hydrogens (tertiary/aromatic N) is 4. The lowest BCUT2D eigenvalue weighted by Gasteiger charge is -1.94. The first kappa shape index (κ1) is 9.89. The third kappa shape index (κ3) is 1.63. The molecule has 0 atom stereocenters. The van der Waals surface area contributed by atoms with Crippen molar-refractivity contribution in [3.8, 4) is 11.6 Å². The maximum atomic E-state index is 11.1. The summed E-state index contributed by atoms with van der Waals surface area (Å²) in [7, 11) is 0. The second-order valence-corrected chi connectivity index (χ2v) is 2.75. The molecule has 0 unspecified atom stereocenters. The zero-order chi connectivity index (χ0) is 11.7. The number of carbonyl (C=O) groups is 1. The Balaban J connectivity index is 2.45. The van der Waals surface area contributed by atoms with E-state index in [4.69, 9.17) is 10.2 Å². The van der Waals surface area contributed by atoms with Crippen molar-refractivity contribution in [2.24, 2.45) is 0 Å². The highest BCUT2D eigenvalue weighted by Crippen LogP contribution is 2.21. The summed E-state index contributed by atoms with van der Waals surface area (Å²) < 4.78 is 9.12. The van der Waals surface area contributed by atoms with Crippen LogP contribution in [0.3, 0.4) is 0 Å². The fourth-order valence-corrected chi connectivity index (χ4v) is 0.991. The van der Waals surface area contributed by atoms with E-state index in [0.717, 1.165) is 0 Å². The minimum atomic E-state index is -0.471. The Kier molecular flexibility index (Phi) is 2.16. The number of hydrogen-bond donors (Lipinski definition) is 2. The molecule has 0 saturated heterocycles. The van der Waals surface area contributed by atoms with Crippen LogP contribution in [0.5, 0.6) is 0 Å². The number of anilines is 2. The van der Waals surface area contributed by atoms with Crippen molar-refractivity contribution in [3.63, 3.8) is 0 Å². The van der Waals surface area contributed by atoms with Gasteiger partial charge < -0.3 is 20.0 Å². The molecule has 0 aliphatic carbocycles. The molecule has 0 saturated carbocycles. The molecule has 10 nitrogen and oxygen atoms in total. The van der Waals surface area contributed by atoms with Crippen LogP contribution in [0, 0.1) is 5.21 Å². The molecule has 0 spiro atoms. The molecule has 0 aromatic carbocycles. The molecule has 2 rings (SSSR count). The molecule has 10 heteroatoms. The summed E-state index contributed by atoms with van der Waals surface area (Å²) in [6.07, 6.45) is 0. The van der Waals surface area contributed by atoms with Gasteiger partial charge in [0.05, 0.1) is 0 Å². The number of nitrogens with two attached hydrogens (primary N) is 1. The zero-order valence-corrected chi connectivity index (χ0v) is 8.00. The Morgan fingerprint density at radius 3 is 2.88 bits per heavy atom. The quantitative estimate of drug-likeness (QED) is 0.613. The third-order valence-electron chi connectivity index (χ3n) is 1.55. The highest BCUT2D eigenvalue weighted by Gasteiger charge is 2.25. The summed E-state index contributed by atoms with van der Waals surface area (Å²) in [5, 5.41) is 23.6. The topological polar surface area (TPSA) is 147 Å². The summed E-state index contributed by atoms with van der Waals surface area (Å²) in [6, 6.07) is -0.191. The van der Waals surface area contributed by atoms with Crippen molar-refractivity contribution in [3.05, 3.63) is 5.21 Å². The van der Waals surface area contributed by atoms with Crippen molar-refractivity contribution in [2.45, 2.75) is 6.92 Å². The molecule has 2 aromatic heterocycles. The lowest BCUT2D eigenvalue weighted by Crippen LogP contribution is -2.29. The van der Waals surface area contributed by atoms with Gasteiger partial charge in [-0.05, 0) is 5.16 Å². The van der Waals surface area contributed by atoms with Gasteiger partial charge in [0.2, 0.25) is 0 Å². The molecule has 0 fully saturated rings. The smallest absolute Gasteiger partial charge is 0.314 e. The summed E-state index contributed by atoms with van der Waals surface area (Å²) >= 11 is 0. The highest BCUT2D eigenvalue weighted by molar-refractivity contribution is 5.89. The maximum Gasteiger partial charge on any atom is 0.314 e. The molecule has 2 heterocycles. The first-order valence-electron chi connectivity index (χ1n) is 4.04. The van der Waals surface area contributed by atoms with Gasteiger partial charge >= 0.3 is 11.8 Å². The van der Waals surface area contributed by atoms with Gasteiger partial charge in [0.15, 0.2) is 0 Å². The largest absolute Gasteiger partial charge is 0.400 e. The summed E-state index contributed by atoms with van der Waals surface area (Å²) in [4.78, 5) is 10.8. The van der Waals surface area contributed by atoms with Crippen LogP contribution in [0.25, 0.3) is 11.6 Å². The lowest BCUT2D eigenvalue weighted by molar-refractivity contribution is -0.790. The number of rotatable bonds is 2. The van der Waals surface area contributed by atoms with Crippen molar-refractivity contribution in [2.75, 3.05) is 11.1 Å². The van der Waals surface area contributed by atoms with E-state index >= 15 is 0 Å². The van der Waals surface area contributed by atoms with E-state index in [0.29, 0.717) is 0 Å². The van der Waals surface area contributed by atoms with E-state index in [2.05, 4.69) is 25.3 Å². The summed E-state index contributed by atoms with van der Waals surface area (Å²) in [6.45, 7) is 1.22. The van der Waals surface area contributed by atoms with E-state index in [1.54, 1.807) is 0 Å². The van der Waals surface area contributed by atoms with Crippen LogP contribution >= 0.6 is 0 Å². The van der Waals surface area contributed by atoms with E-state index in [1.165, 1.54) is 6.92 Å². The Bertz CT molecular complexity index is 531. The van der Waals surface area contributed by atoms with Crippen LogP contribution in [-0.4, -0.2) is 21.3 Å². The molecule has 2 aromatic rings. The minimum absolute atomic E-state index is 0.0110. The van der Waals surface area contributed by atoms with Gasteiger partial charge in [0, 0.05) is 6.92 Å². The fourth-order valence-electron chi connectivity index (χ4n) is 0.991. The average molecular weight is 226 g/mol. The van der Waals surface area contributed by atoms with Crippen LogP contribution in [0.4, 0.5) is 11.8 Å². The van der Waals surface area contributed by atoms with Crippen LogP contribution in [0.15, 0.2) is 9.05 Å². The fraction of sp³-hybridized carbons (Fsp3) is 0.167. The number of hydrogen-bond acceptors (Lipinski definition) is 8. The summed E-state index contributed by atoms with van der Waals surface area (Å²) in [5.41, 5.74) is 5.11. The van der Waals surface area contributed by atoms with Crippen LogP contribution < -0.4 is 16.0 Å². The maximum absolute atomic E-state index is 11.1. The van der Waals surface area contributed by atoms with E-state index in [-0.39, 0.29) is 28.3 Å². The molecule has 0 aliphatic rings. The van der Waals surface area contributed by atoms with E-state index in [9.17, 15) is 10.0 Å². The normalized spacial score (nSPS) is 10.3. The molecule has 16 heavy (non-hydrogen) atoms. The van der Waals surface area contributed by atoms with Gasteiger partial charge in [-0.25, -0.2) is 5.32 Å². The second kappa shape index (κ2) is 3.49. The van der Waals surface area contributed by atoms with Crippen molar-refractivity contribution in [1.82, 2.24) is 15.4 Å². The van der Waals surface area contributed by atoms with Crippen LogP contribution in [0.1, 0.15) is 6.92 Å². The van der Waals surface area contributed by atoms with Gasteiger partial charge in [0.1, 0.15) is 0 Å². The number of amides is 1. The first-order valence-corrected chi connectivity index (χ1v) is 4.04. The number of carbonyl (C=O) groups excluding carboxylic acids is 1. The van der Waals surface area contributed by atoms with Gasteiger partial charge in [-0.1, -0.05) is 10.0 Å². The molecular formula is C6H6N6O4. The second-order valence-electron chi connectivity index (χ2n) is 2.75. The van der Waals surface area contributed by atoms with Gasteiger partial charge in [-0.2, -0.15) is 0 Å². The highest BCUT2D eigenvalue weighted by atomic mass is 16.8. The lowest BCUT2D eigenvalue weighted by atomic mass is 10.4. The Hall–Kier alpha value is -2.65. The van der Waals surface area contributed by atoms with Crippen molar-refractivity contribution in [1.29, 1.82) is 0 Å². The summed E-state index contributed by atoms with van der Waals surface area (Å²) in [5.74, 6) is -0.836. The zero-order valence-electron chi connectivity index (χ0n) is 8.00. The Labute approximate surface area is 87.6 Å². The predicted molar refractivity (Wildman–Crippen MR) is 47.5 cm³/mol. The third-order valence-corrected chi connectivity index (χ3v) is 1.55. The molecule has 0 aliphatic heterocycles. The van der Waals surface area contributed by atoms with Crippen LogP contribution in [0.2, 0.25) is 0 Å². The average Bonchev–Trinajstić information content (AvgIpc) is 2.75. The number of nitrogens with one attached hydrogen (secondary N) is 1. The Morgan fingerprint density at radius 2 is 2.31 bits per heavy atom. The molecule has 0 bridgehead atoms. The molecule has 0 radical (unpaired) electrons. The predicted octanol–water partition coefficient (Wildman–Crippen LogP) is -1.10. The van der Waals surface area contributed by atoms with Gasteiger partial charge in [0.25, 0.3) is 17.5 Å². The van der Waals surface area contributed by atoms with Crippen molar-refractivity contribution >= 4 is 17.7 Å². The standard InChI is InChI=1S/C6H6N6O4/c1-2(13)8-4-3(11-16-12(4)14)5-9-10-6(7)15-5/h1H3,(H2,7,10)(H,8,13). The first-order chi connectivity index (χ1) is 7.58. The number of aromatic nitrogens is 4. The molecule has 1 amide bonds. The van der Waals surface area contributed by atoms with Gasteiger partial charge in [-0.3, -0.25) is 4.79 Å². The molecule has 84 valence electrons.